The molecule has 0 spiro atoms. The summed E-state index contributed by atoms with van der Waals surface area (Å²) in [5.41, 5.74) is -0.767. The minimum Gasteiger partial charge on any atom is -0.491 e. The fourth-order valence-electron chi connectivity index (χ4n) is 1.84. The third kappa shape index (κ3) is 3.64. The second-order valence-electron chi connectivity index (χ2n) is 4.41. The smallest absolute Gasteiger partial charge is 0.366 e. The first-order chi connectivity index (χ1) is 11.3. The Morgan fingerprint density at radius 2 is 1.88 bits per heavy atom. The van der Waals surface area contributed by atoms with Crippen LogP contribution in [0.3, 0.4) is 0 Å². The van der Waals surface area contributed by atoms with E-state index < -0.39 is 16.7 Å². The minimum atomic E-state index is -3.89. The first kappa shape index (κ1) is 18.1. The summed E-state index contributed by atoms with van der Waals surface area (Å²) in [6, 6.07) is 5.52. The Kier molecular flexibility index (Phi) is 5.37. The van der Waals surface area contributed by atoms with Gasteiger partial charge in [0, 0.05) is 0 Å². The second kappa shape index (κ2) is 7.12. The van der Waals surface area contributed by atoms with Crippen molar-refractivity contribution in [3.63, 3.8) is 0 Å². The molecule has 0 saturated carbocycles. The highest BCUT2D eigenvalue weighted by molar-refractivity contribution is 9.10. The van der Waals surface area contributed by atoms with Gasteiger partial charge >= 0.3 is 16.7 Å². The van der Waals surface area contributed by atoms with E-state index in [9.17, 15) is 18.0 Å². The molecule has 10 heteroatoms. The lowest BCUT2D eigenvalue weighted by atomic mass is 10.3. The summed E-state index contributed by atoms with van der Waals surface area (Å²) in [7, 11) is 2.58. The fourth-order valence-corrected chi connectivity index (χ4v) is 1.93. The lowest BCUT2D eigenvalue weighted by Gasteiger charge is -2.18. The number of ether oxygens (including phenoxy) is 3. The summed E-state index contributed by atoms with van der Waals surface area (Å²) < 4.78 is 54.7. The van der Waals surface area contributed by atoms with Crippen LogP contribution in [-0.4, -0.2) is 35.2 Å². The van der Waals surface area contributed by atoms with Crippen molar-refractivity contribution in [2.75, 3.05) is 14.2 Å². The van der Waals surface area contributed by atoms with Crippen molar-refractivity contribution < 1.29 is 27.4 Å². The number of nitrogens with zero attached hydrogens (tertiary/aromatic N) is 2. The summed E-state index contributed by atoms with van der Waals surface area (Å²) in [6.07, 6.45) is -1.77. The molecule has 0 aliphatic rings. The van der Waals surface area contributed by atoms with E-state index in [4.69, 9.17) is 9.47 Å². The van der Waals surface area contributed by atoms with E-state index in [1.165, 1.54) is 44.7 Å². The summed E-state index contributed by atoms with van der Waals surface area (Å²) in [5, 5.41) is 3.86. The van der Waals surface area contributed by atoms with Gasteiger partial charge in [0.15, 0.2) is 5.75 Å². The van der Waals surface area contributed by atoms with Crippen LogP contribution >= 0.6 is 15.9 Å². The average Bonchev–Trinajstić information content (AvgIpc) is 2.54. The largest absolute Gasteiger partial charge is 0.491 e. The van der Waals surface area contributed by atoms with E-state index in [-0.39, 0.29) is 22.9 Å². The van der Waals surface area contributed by atoms with Crippen molar-refractivity contribution in [3.8, 4) is 22.9 Å². The van der Waals surface area contributed by atoms with E-state index in [1.807, 2.05) is 15.9 Å². The monoisotopic (exact) mass is 408 g/mol. The SMILES string of the molecule is COc1cnn(-c2ccccc2OC(F)C(F)(F)Br)c(=O)c1OC. The van der Waals surface area contributed by atoms with Crippen LogP contribution in [0.25, 0.3) is 5.69 Å². The number of benzene rings is 1. The number of para-hydroxylation sites is 2. The van der Waals surface area contributed by atoms with E-state index in [1.54, 1.807) is 0 Å². The average molecular weight is 409 g/mol. The number of hydrogen-bond donors (Lipinski definition) is 0. The number of alkyl halides is 4. The molecule has 0 aliphatic heterocycles. The topological polar surface area (TPSA) is 62.6 Å². The van der Waals surface area contributed by atoms with Crippen LogP contribution in [-0.2, 0) is 0 Å². The normalized spacial score (nSPS) is 12.6. The van der Waals surface area contributed by atoms with Gasteiger partial charge in [-0.1, -0.05) is 12.1 Å². The third-order valence-corrected chi connectivity index (χ3v) is 3.27. The molecule has 2 rings (SSSR count). The molecular weight excluding hydrogens is 397 g/mol. The summed E-state index contributed by atoms with van der Waals surface area (Å²) in [4.78, 5) is 8.51. The van der Waals surface area contributed by atoms with Gasteiger partial charge < -0.3 is 14.2 Å². The predicted molar refractivity (Wildman–Crippen MR) is 82.3 cm³/mol. The van der Waals surface area contributed by atoms with Gasteiger partial charge in [0.05, 0.1) is 20.4 Å². The molecule has 1 atom stereocenters. The van der Waals surface area contributed by atoms with Crippen LogP contribution in [0.2, 0.25) is 0 Å². The van der Waals surface area contributed by atoms with Crippen LogP contribution < -0.4 is 19.8 Å². The van der Waals surface area contributed by atoms with Gasteiger partial charge in [-0.2, -0.15) is 23.0 Å². The predicted octanol–water partition coefficient (Wildman–Crippen LogP) is 2.91. The van der Waals surface area contributed by atoms with Crippen molar-refractivity contribution in [1.82, 2.24) is 9.78 Å². The van der Waals surface area contributed by atoms with Gasteiger partial charge in [-0.25, -0.2) is 0 Å². The molecule has 1 aromatic heterocycles. The van der Waals surface area contributed by atoms with E-state index >= 15 is 0 Å². The molecule has 0 saturated heterocycles. The van der Waals surface area contributed by atoms with Gasteiger partial charge in [-0.05, 0) is 28.1 Å². The van der Waals surface area contributed by atoms with Crippen molar-refractivity contribution in [2.24, 2.45) is 0 Å². The Hall–Kier alpha value is -2.23. The Labute approximate surface area is 142 Å². The summed E-state index contributed by atoms with van der Waals surface area (Å²) >= 11 is 1.88. The van der Waals surface area contributed by atoms with Crippen LogP contribution in [0.15, 0.2) is 35.3 Å². The molecule has 0 radical (unpaired) electrons. The maximum absolute atomic E-state index is 13.5. The van der Waals surface area contributed by atoms with E-state index in [0.717, 1.165) is 4.68 Å². The lowest BCUT2D eigenvalue weighted by Crippen LogP contribution is -2.29. The van der Waals surface area contributed by atoms with E-state index in [2.05, 4.69) is 9.84 Å². The zero-order valence-electron chi connectivity index (χ0n) is 12.5. The molecule has 130 valence electrons. The number of halogens is 4. The van der Waals surface area contributed by atoms with Crippen LogP contribution in [0.5, 0.6) is 17.2 Å². The Morgan fingerprint density at radius 1 is 1.21 bits per heavy atom. The first-order valence-corrected chi connectivity index (χ1v) is 7.26. The highest BCUT2D eigenvalue weighted by Gasteiger charge is 2.39. The zero-order chi connectivity index (χ0) is 17.9. The molecule has 1 heterocycles. The highest BCUT2D eigenvalue weighted by Crippen LogP contribution is 2.32. The number of methoxy groups -OCH3 is 2. The standard InChI is InChI=1S/C14H12BrF3N2O4/c1-22-10-7-19-20(12(21)11(10)23-2)8-5-3-4-6-9(8)24-13(16)14(15,17)18/h3-7,13H,1-2H3. The van der Waals surface area contributed by atoms with Crippen LogP contribution in [0, 0.1) is 0 Å². The minimum absolute atomic E-state index is 0.0390. The Balaban J connectivity index is 2.53. The van der Waals surface area contributed by atoms with Gasteiger partial charge in [0.1, 0.15) is 11.4 Å². The first-order valence-electron chi connectivity index (χ1n) is 6.46. The quantitative estimate of drug-likeness (QED) is 0.687. The molecule has 2 aromatic rings. The molecule has 0 amide bonds. The maximum Gasteiger partial charge on any atom is 0.366 e. The van der Waals surface area contributed by atoms with Crippen molar-refractivity contribution >= 4 is 15.9 Å². The van der Waals surface area contributed by atoms with Crippen LogP contribution in [0.1, 0.15) is 0 Å². The molecule has 1 aromatic carbocycles. The second-order valence-corrected chi connectivity index (χ2v) is 5.46. The number of hydrogen-bond acceptors (Lipinski definition) is 5. The molecule has 0 fully saturated rings. The number of rotatable bonds is 6. The van der Waals surface area contributed by atoms with Gasteiger partial charge in [0.25, 0.3) is 0 Å². The van der Waals surface area contributed by atoms with Crippen molar-refractivity contribution in [2.45, 2.75) is 11.2 Å². The molecule has 0 aliphatic carbocycles. The molecule has 24 heavy (non-hydrogen) atoms. The summed E-state index contributed by atoms with van der Waals surface area (Å²) in [6.45, 7) is 0. The lowest BCUT2D eigenvalue weighted by molar-refractivity contribution is -0.0864. The fraction of sp³-hybridized carbons (Fsp3) is 0.286. The van der Waals surface area contributed by atoms with Gasteiger partial charge in [-0.3, -0.25) is 4.79 Å². The Morgan fingerprint density at radius 3 is 2.46 bits per heavy atom. The van der Waals surface area contributed by atoms with Crippen molar-refractivity contribution in [1.29, 1.82) is 0 Å². The maximum atomic E-state index is 13.5. The molecule has 0 bridgehead atoms. The third-order valence-electron chi connectivity index (χ3n) is 2.91. The highest BCUT2D eigenvalue weighted by atomic mass is 79.9. The number of aromatic nitrogens is 2. The van der Waals surface area contributed by atoms with E-state index in [0.29, 0.717) is 0 Å². The van der Waals surface area contributed by atoms with Gasteiger partial charge in [0.2, 0.25) is 5.75 Å². The molecule has 0 N–H and O–H groups in total. The molecular formula is C14H12BrF3N2O4. The zero-order valence-corrected chi connectivity index (χ0v) is 14.1. The molecule has 6 nitrogen and oxygen atoms in total. The Bertz CT molecular complexity index is 779. The summed E-state index contributed by atoms with van der Waals surface area (Å²) in [5.74, 6) is -0.358. The van der Waals surface area contributed by atoms with Crippen LogP contribution in [0.4, 0.5) is 13.2 Å². The van der Waals surface area contributed by atoms with Crippen molar-refractivity contribution in [3.05, 3.63) is 40.8 Å². The van der Waals surface area contributed by atoms with Gasteiger partial charge in [-0.15, -0.1) is 0 Å². The molecule has 1 unspecified atom stereocenters.